The van der Waals surface area contributed by atoms with Crippen LogP contribution in [0.4, 0.5) is 4.39 Å². The van der Waals surface area contributed by atoms with Crippen LogP contribution < -0.4 is 0 Å². The van der Waals surface area contributed by atoms with Crippen molar-refractivity contribution in [2.45, 2.75) is 31.8 Å². The highest BCUT2D eigenvalue weighted by Gasteiger charge is 2.23. The second-order valence-electron chi connectivity index (χ2n) is 4.27. The van der Waals surface area contributed by atoms with Crippen LogP contribution in [0.1, 0.15) is 24.8 Å². The van der Waals surface area contributed by atoms with Gasteiger partial charge in [-0.15, -0.1) is 0 Å². The van der Waals surface area contributed by atoms with E-state index >= 15 is 0 Å². The summed E-state index contributed by atoms with van der Waals surface area (Å²) in [7, 11) is 0. The lowest BCUT2D eigenvalue weighted by molar-refractivity contribution is 0.177. The fourth-order valence-electron chi connectivity index (χ4n) is 2.23. The predicted molar refractivity (Wildman–Crippen MR) is 61.2 cm³/mol. The Morgan fingerprint density at radius 3 is 2.80 bits per heavy atom. The molecule has 3 heteroatoms. The highest BCUT2D eigenvalue weighted by Crippen LogP contribution is 2.30. The molecule has 0 spiro atoms. The van der Waals surface area contributed by atoms with Crippen LogP contribution in [0.25, 0.3) is 0 Å². The Morgan fingerprint density at radius 1 is 1.40 bits per heavy atom. The first-order valence-corrected chi connectivity index (χ1v) is 6.06. The van der Waals surface area contributed by atoms with E-state index in [9.17, 15) is 9.50 Å². The highest BCUT2D eigenvalue weighted by atomic mass is 79.9. The van der Waals surface area contributed by atoms with Gasteiger partial charge in [0.2, 0.25) is 0 Å². The van der Waals surface area contributed by atoms with Crippen LogP contribution in [0, 0.1) is 11.7 Å². The molecular weight excluding hydrogens is 259 g/mol. The lowest BCUT2D eigenvalue weighted by atomic mass is 9.98. The van der Waals surface area contributed by atoms with Crippen LogP contribution in [0.2, 0.25) is 0 Å². The van der Waals surface area contributed by atoms with Crippen molar-refractivity contribution in [1.29, 1.82) is 0 Å². The first kappa shape index (κ1) is 11.1. The van der Waals surface area contributed by atoms with Gasteiger partial charge in [0.15, 0.2) is 0 Å². The summed E-state index contributed by atoms with van der Waals surface area (Å²) in [5.41, 5.74) is 1.13. The molecule has 1 nitrogen and oxygen atoms in total. The summed E-state index contributed by atoms with van der Waals surface area (Å²) in [4.78, 5) is 0. The van der Waals surface area contributed by atoms with Crippen LogP contribution in [-0.2, 0) is 6.42 Å². The molecule has 0 saturated heterocycles. The molecule has 1 aliphatic rings. The van der Waals surface area contributed by atoms with Crippen molar-refractivity contribution in [3.8, 4) is 0 Å². The summed E-state index contributed by atoms with van der Waals surface area (Å²) in [5, 5.41) is 9.42. The first-order valence-electron chi connectivity index (χ1n) is 5.27. The van der Waals surface area contributed by atoms with E-state index < -0.39 is 0 Å². The van der Waals surface area contributed by atoms with E-state index in [2.05, 4.69) is 15.9 Å². The fraction of sp³-hybridized carbons (Fsp3) is 0.500. The third-order valence-corrected chi connectivity index (χ3v) is 3.78. The van der Waals surface area contributed by atoms with Gasteiger partial charge in [0.1, 0.15) is 5.82 Å². The van der Waals surface area contributed by atoms with Gasteiger partial charge < -0.3 is 5.11 Å². The average molecular weight is 273 g/mol. The van der Waals surface area contributed by atoms with E-state index in [1.54, 1.807) is 0 Å². The summed E-state index contributed by atoms with van der Waals surface area (Å²) < 4.78 is 13.7. The molecule has 0 aromatic heterocycles. The second-order valence-corrected chi connectivity index (χ2v) is 5.13. The molecule has 1 N–H and O–H groups in total. The van der Waals surface area contributed by atoms with Crippen molar-refractivity contribution >= 4 is 15.9 Å². The molecule has 82 valence electrons. The van der Waals surface area contributed by atoms with Gasteiger partial charge in [-0.25, -0.2) is 4.39 Å². The monoisotopic (exact) mass is 272 g/mol. The number of hydrogen-bond donors (Lipinski definition) is 1. The van der Waals surface area contributed by atoms with E-state index in [1.807, 2.05) is 6.07 Å². The molecule has 1 aliphatic carbocycles. The van der Waals surface area contributed by atoms with E-state index in [0.29, 0.717) is 5.92 Å². The Morgan fingerprint density at radius 2 is 2.20 bits per heavy atom. The normalized spacial score (nSPS) is 25.8. The zero-order valence-electron chi connectivity index (χ0n) is 8.42. The van der Waals surface area contributed by atoms with Gasteiger partial charge in [-0.05, 0) is 49.3 Å². The van der Waals surface area contributed by atoms with E-state index in [0.717, 1.165) is 35.7 Å². The number of hydrogen-bond acceptors (Lipinski definition) is 1. The Hall–Kier alpha value is -0.410. The minimum absolute atomic E-state index is 0.130. The molecule has 1 saturated carbocycles. The van der Waals surface area contributed by atoms with Crippen molar-refractivity contribution < 1.29 is 9.50 Å². The van der Waals surface area contributed by atoms with Crippen LogP contribution in [0.3, 0.4) is 0 Å². The molecule has 2 atom stereocenters. The minimum atomic E-state index is -0.211. The number of halogens is 2. The Kier molecular flexibility index (Phi) is 3.42. The van der Waals surface area contributed by atoms with Crippen LogP contribution in [0.15, 0.2) is 22.7 Å². The van der Waals surface area contributed by atoms with Gasteiger partial charge in [0, 0.05) is 4.47 Å². The lowest BCUT2D eigenvalue weighted by Crippen LogP contribution is -2.03. The van der Waals surface area contributed by atoms with Crippen LogP contribution >= 0.6 is 15.9 Å². The van der Waals surface area contributed by atoms with E-state index in [-0.39, 0.29) is 11.9 Å². The number of aliphatic hydroxyl groups is 1. The molecule has 2 unspecified atom stereocenters. The van der Waals surface area contributed by atoms with Gasteiger partial charge in [-0.1, -0.05) is 22.0 Å². The maximum absolute atomic E-state index is 12.9. The number of benzene rings is 1. The summed E-state index contributed by atoms with van der Waals surface area (Å²) in [6, 6.07) is 4.82. The average Bonchev–Trinajstić information content (AvgIpc) is 2.56. The number of rotatable bonds is 2. The second kappa shape index (κ2) is 4.62. The van der Waals surface area contributed by atoms with Crippen LogP contribution in [0.5, 0.6) is 0 Å². The molecule has 0 radical (unpaired) electrons. The van der Waals surface area contributed by atoms with Gasteiger partial charge in [0.05, 0.1) is 6.10 Å². The van der Waals surface area contributed by atoms with E-state index in [4.69, 9.17) is 0 Å². The molecule has 1 aromatic carbocycles. The van der Waals surface area contributed by atoms with E-state index in [1.165, 1.54) is 12.1 Å². The van der Waals surface area contributed by atoms with Crippen molar-refractivity contribution in [3.63, 3.8) is 0 Å². The summed E-state index contributed by atoms with van der Waals surface area (Å²) in [6.45, 7) is 0. The maximum Gasteiger partial charge on any atom is 0.124 e. The standard InChI is InChI=1S/C12H14BrFO/c13-12-7-10(14)3-2-9(12)5-8-1-4-11(15)6-8/h2-3,7-8,11,15H,1,4-6H2. The largest absolute Gasteiger partial charge is 0.393 e. The Labute approximate surface area is 97.4 Å². The fourth-order valence-corrected chi connectivity index (χ4v) is 2.74. The Bertz CT molecular complexity index is 353. The zero-order chi connectivity index (χ0) is 10.8. The first-order chi connectivity index (χ1) is 7.15. The molecule has 2 rings (SSSR count). The van der Waals surface area contributed by atoms with Crippen molar-refractivity contribution in [3.05, 3.63) is 34.1 Å². The SMILES string of the molecule is OC1CCC(Cc2ccc(F)cc2Br)C1. The summed E-state index contributed by atoms with van der Waals surface area (Å²) in [6.07, 6.45) is 3.66. The van der Waals surface area contributed by atoms with Gasteiger partial charge >= 0.3 is 0 Å². The maximum atomic E-state index is 12.9. The third kappa shape index (κ3) is 2.79. The molecule has 15 heavy (non-hydrogen) atoms. The molecule has 0 heterocycles. The molecular formula is C12H14BrFO. The third-order valence-electron chi connectivity index (χ3n) is 3.04. The predicted octanol–water partition coefficient (Wildman–Crippen LogP) is 3.29. The molecule has 0 bridgehead atoms. The minimum Gasteiger partial charge on any atom is -0.393 e. The van der Waals surface area contributed by atoms with Gasteiger partial charge in [0.25, 0.3) is 0 Å². The van der Waals surface area contributed by atoms with Crippen molar-refractivity contribution in [2.24, 2.45) is 5.92 Å². The Balaban J connectivity index is 2.04. The van der Waals surface area contributed by atoms with Crippen LogP contribution in [-0.4, -0.2) is 11.2 Å². The van der Waals surface area contributed by atoms with Crippen molar-refractivity contribution in [2.75, 3.05) is 0 Å². The molecule has 1 fully saturated rings. The highest BCUT2D eigenvalue weighted by molar-refractivity contribution is 9.10. The van der Waals surface area contributed by atoms with Gasteiger partial charge in [-0.2, -0.15) is 0 Å². The number of aliphatic hydroxyl groups excluding tert-OH is 1. The van der Waals surface area contributed by atoms with Gasteiger partial charge in [-0.3, -0.25) is 0 Å². The summed E-state index contributed by atoms with van der Waals surface area (Å²) >= 11 is 3.37. The molecule has 1 aromatic rings. The molecule has 0 aliphatic heterocycles. The topological polar surface area (TPSA) is 20.2 Å². The lowest BCUT2D eigenvalue weighted by Gasteiger charge is -2.10. The quantitative estimate of drug-likeness (QED) is 0.876. The van der Waals surface area contributed by atoms with Crippen molar-refractivity contribution in [1.82, 2.24) is 0 Å². The smallest absolute Gasteiger partial charge is 0.124 e. The zero-order valence-corrected chi connectivity index (χ0v) is 10.0. The summed E-state index contributed by atoms with van der Waals surface area (Å²) in [5.74, 6) is 0.332. The molecule has 0 amide bonds.